The lowest BCUT2D eigenvalue weighted by Gasteiger charge is -2.14. The van der Waals surface area contributed by atoms with Crippen LogP contribution in [-0.4, -0.2) is 13.1 Å². The summed E-state index contributed by atoms with van der Waals surface area (Å²) in [4.78, 5) is 11.6. The summed E-state index contributed by atoms with van der Waals surface area (Å²) in [6.45, 7) is 5.79. The normalized spacial score (nSPS) is 12.0. The third kappa shape index (κ3) is 3.88. The van der Waals surface area contributed by atoms with Crippen molar-refractivity contribution in [3.05, 3.63) is 59.7 Å². The van der Waals surface area contributed by atoms with E-state index >= 15 is 0 Å². The molecule has 2 rings (SSSR count). The number of rotatable bonds is 5. The highest BCUT2D eigenvalue weighted by atomic mass is 16.5. The molecule has 2 aromatic rings. The summed E-state index contributed by atoms with van der Waals surface area (Å²) in [5, 5.41) is 0. The molecule has 0 fully saturated rings. The minimum Gasteiger partial charge on any atom is -0.497 e. The molecule has 0 saturated carbocycles. The molecule has 0 radical (unpaired) electrons. The number of carbonyl (C=O) groups excluding carboxylic acids is 1. The van der Waals surface area contributed by atoms with Crippen LogP contribution in [-0.2, 0) is 4.79 Å². The number of hydrogen-bond donors (Lipinski definition) is 0. The molecule has 0 aromatic heterocycles. The van der Waals surface area contributed by atoms with E-state index < -0.39 is 0 Å². The summed E-state index contributed by atoms with van der Waals surface area (Å²) in [6, 6.07) is 15.7. The topological polar surface area (TPSA) is 35.5 Å². The highest BCUT2D eigenvalue weighted by molar-refractivity contribution is 5.74. The van der Waals surface area contributed by atoms with Crippen LogP contribution in [0.15, 0.2) is 48.5 Å². The Labute approximate surface area is 131 Å². The first-order valence-corrected chi connectivity index (χ1v) is 7.47. The maximum Gasteiger partial charge on any atom is 0.313 e. The van der Waals surface area contributed by atoms with Crippen molar-refractivity contribution >= 4 is 5.97 Å². The minimum absolute atomic E-state index is 0.127. The van der Waals surface area contributed by atoms with Crippen molar-refractivity contribution in [2.24, 2.45) is 5.92 Å². The molecule has 1 atom stereocenters. The molecule has 0 bridgehead atoms. The second-order valence-electron chi connectivity index (χ2n) is 5.64. The van der Waals surface area contributed by atoms with Crippen molar-refractivity contribution in [3.8, 4) is 11.5 Å². The molecule has 0 aliphatic carbocycles. The van der Waals surface area contributed by atoms with Crippen molar-refractivity contribution in [1.29, 1.82) is 0 Å². The van der Waals surface area contributed by atoms with Gasteiger partial charge in [-0.15, -0.1) is 0 Å². The first-order chi connectivity index (χ1) is 10.5. The van der Waals surface area contributed by atoms with Crippen LogP contribution in [0.1, 0.15) is 37.8 Å². The number of esters is 1. The van der Waals surface area contributed by atoms with E-state index in [0.29, 0.717) is 5.75 Å². The first kappa shape index (κ1) is 16.1. The highest BCUT2D eigenvalue weighted by Gasteiger charge is 2.11. The van der Waals surface area contributed by atoms with Crippen molar-refractivity contribution in [2.75, 3.05) is 7.11 Å². The Kier molecular flexibility index (Phi) is 5.21. The predicted molar refractivity (Wildman–Crippen MR) is 87.4 cm³/mol. The monoisotopic (exact) mass is 298 g/mol. The molecule has 2 aromatic carbocycles. The quantitative estimate of drug-likeness (QED) is 0.606. The van der Waals surface area contributed by atoms with Gasteiger partial charge in [0.15, 0.2) is 0 Å². The lowest BCUT2D eigenvalue weighted by Crippen LogP contribution is -2.14. The zero-order valence-electron chi connectivity index (χ0n) is 13.5. The lowest BCUT2D eigenvalue weighted by molar-refractivity contribution is -0.137. The van der Waals surface area contributed by atoms with E-state index in [0.717, 1.165) is 5.75 Å². The van der Waals surface area contributed by atoms with Crippen LogP contribution in [0.2, 0.25) is 0 Å². The average molecular weight is 298 g/mol. The molecule has 1 unspecified atom stereocenters. The average Bonchev–Trinajstić information content (AvgIpc) is 2.55. The summed E-state index contributed by atoms with van der Waals surface area (Å²) in [5.74, 6) is 1.37. The fourth-order valence-electron chi connectivity index (χ4n) is 2.14. The van der Waals surface area contributed by atoms with E-state index in [-0.39, 0.29) is 17.8 Å². The van der Waals surface area contributed by atoms with Gasteiger partial charge in [0.25, 0.3) is 0 Å². The molecule has 22 heavy (non-hydrogen) atoms. The second kappa shape index (κ2) is 7.12. The van der Waals surface area contributed by atoms with E-state index in [1.165, 1.54) is 11.1 Å². The molecule has 0 aliphatic heterocycles. The van der Waals surface area contributed by atoms with Gasteiger partial charge in [0.05, 0.1) is 13.0 Å². The molecule has 3 heteroatoms. The zero-order chi connectivity index (χ0) is 16.1. The van der Waals surface area contributed by atoms with Crippen LogP contribution in [0.25, 0.3) is 0 Å². The van der Waals surface area contributed by atoms with Crippen LogP contribution >= 0.6 is 0 Å². The van der Waals surface area contributed by atoms with E-state index in [1.54, 1.807) is 7.11 Å². The number of benzene rings is 2. The van der Waals surface area contributed by atoms with Gasteiger partial charge in [-0.1, -0.05) is 45.0 Å². The van der Waals surface area contributed by atoms with Gasteiger partial charge in [0.1, 0.15) is 11.5 Å². The van der Waals surface area contributed by atoms with Gasteiger partial charge in [-0.25, -0.2) is 0 Å². The molecule has 0 saturated heterocycles. The summed E-state index contributed by atoms with van der Waals surface area (Å²) in [7, 11) is 1.66. The van der Waals surface area contributed by atoms with Crippen molar-refractivity contribution < 1.29 is 14.3 Å². The van der Waals surface area contributed by atoms with Crippen LogP contribution in [0.4, 0.5) is 0 Å². The third-order valence-corrected chi connectivity index (χ3v) is 3.69. The van der Waals surface area contributed by atoms with E-state index in [9.17, 15) is 4.79 Å². The molecule has 0 spiro atoms. The fraction of sp³-hybridized carbons (Fsp3) is 0.316. The molecule has 0 heterocycles. The van der Waals surface area contributed by atoms with Gasteiger partial charge in [-0.05, 0) is 35.4 Å². The van der Waals surface area contributed by atoms with E-state index in [1.807, 2.05) is 50.2 Å². The largest absolute Gasteiger partial charge is 0.497 e. The minimum atomic E-state index is -0.212. The van der Waals surface area contributed by atoms with Crippen molar-refractivity contribution in [1.82, 2.24) is 0 Å². The Hall–Kier alpha value is -2.29. The zero-order valence-corrected chi connectivity index (χ0v) is 13.5. The van der Waals surface area contributed by atoms with E-state index in [4.69, 9.17) is 9.47 Å². The molecular formula is C19H22O3. The predicted octanol–water partition coefficient (Wildman–Crippen LogP) is 4.41. The Morgan fingerprint density at radius 2 is 1.27 bits per heavy atom. The second-order valence-corrected chi connectivity index (χ2v) is 5.64. The molecule has 3 nitrogen and oxygen atoms in total. The molecule has 116 valence electrons. The fourth-order valence-corrected chi connectivity index (χ4v) is 2.14. The smallest absolute Gasteiger partial charge is 0.313 e. The van der Waals surface area contributed by atoms with Crippen LogP contribution in [0.5, 0.6) is 11.5 Å². The number of ether oxygens (including phenoxy) is 2. The van der Waals surface area contributed by atoms with Crippen LogP contribution in [0.3, 0.4) is 0 Å². The Balaban J connectivity index is 2.10. The van der Waals surface area contributed by atoms with Gasteiger partial charge >= 0.3 is 5.97 Å². The van der Waals surface area contributed by atoms with Crippen molar-refractivity contribution in [3.63, 3.8) is 0 Å². The first-order valence-electron chi connectivity index (χ1n) is 7.47. The number of carbonyl (C=O) groups is 1. The van der Waals surface area contributed by atoms with E-state index in [2.05, 4.69) is 19.1 Å². The summed E-state index contributed by atoms with van der Waals surface area (Å²) < 4.78 is 10.5. The Bertz CT molecular complexity index is 612. The van der Waals surface area contributed by atoms with Gasteiger partial charge in [0.2, 0.25) is 0 Å². The van der Waals surface area contributed by atoms with Gasteiger partial charge in [0, 0.05) is 5.92 Å². The highest BCUT2D eigenvalue weighted by Crippen LogP contribution is 2.27. The standard InChI is InChI=1S/C19H22O3/c1-13(2)19(20)22-18-11-7-16(8-12-18)14(3)15-5-9-17(21-4)10-6-15/h5-14H,1-4H3. The lowest BCUT2D eigenvalue weighted by atomic mass is 9.93. The number of hydrogen-bond acceptors (Lipinski definition) is 3. The molecule has 0 amide bonds. The van der Waals surface area contributed by atoms with Gasteiger partial charge in [-0.2, -0.15) is 0 Å². The third-order valence-electron chi connectivity index (χ3n) is 3.69. The summed E-state index contributed by atoms with van der Waals surface area (Å²) >= 11 is 0. The Morgan fingerprint density at radius 3 is 1.68 bits per heavy atom. The Morgan fingerprint density at radius 1 is 0.818 bits per heavy atom. The SMILES string of the molecule is COc1ccc(C(C)c2ccc(OC(=O)C(C)C)cc2)cc1. The van der Waals surface area contributed by atoms with Crippen LogP contribution in [0, 0.1) is 5.92 Å². The van der Waals surface area contributed by atoms with Crippen molar-refractivity contribution in [2.45, 2.75) is 26.7 Å². The van der Waals surface area contributed by atoms with Crippen LogP contribution < -0.4 is 9.47 Å². The van der Waals surface area contributed by atoms with Gasteiger partial charge in [-0.3, -0.25) is 4.79 Å². The molecule has 0 aliphatic rings. The molecular weight excluding hydrogens is 276 g/mol. The maximum atomic E-state index is 11.6. The number of methoxy groups -OCH3 is 1. The summed E-state index contributed by atoms with van der Waals surface area (Å²) in [5.41, 5.74) is 2.39. The van der Waals surface area contributed by atoms with Gasteiger partial charge < -0.3 is 9.47 Å². The maximum absolute atomic E-state index is 11.6. The molecule has 0 N–H and O–H groups in total. The summed E-state index contributed by atoms with van der Waals surface area (Å²) in [6.07, 6.45) is 0.